The number of halogens is 2. The highest BCUT2D eigenvalue weighted by atomic mass is 79.9. The van der Waals surface area contributed by atoms with Crippen molar-refractivity contribution in [1.29, 1.82) is 0 Å². The molecule has 1 N–H and O–H groups in total. The number of hydrogen-bond donors (Lipinski definition) is 1. The Balaban J connectivity index is 1.84. The standard InChI is InChI=1S/C20H19BrFN3O/c1-19(2)8-13-15(14(26)9-19)20(16-17(21)24-25-18(16)23-13)7-6-10-11(20)4-3-5-12(10)22/h3-5,18,23H,6-9H2,1-2H3/t18?,20-/m1/s1. The molecular weight excluding hydrogens is 397 g/mol. The average molecular weight is 416 g/mol. The van der Waals surface area contributed by atoms with Crippen LogP contribution < -0.4 is 5.32 Å². The fraction of sp³-hybridized carbons (Fsp3) is 0.450. The van der Waals surface area contributed by atoms with Crippen LogP contribution in [-0.4, -0.2) is 11.9 Å². The molecule has 2 heterocycles. The number of Topliss-reactive ketones (excluding diaryl/α,β-unsaturated/α-hetero) is 1. The number of ketones is 1. The summed E-state index contributed by atoms with van der Waals surface area (Å²) < 4.78 is 15.2. The van der Waals surface area contributed by atoms with E-state index in [1.165, 1.54) is 6.07 Å². The summed E-state index contributed by atoms with van der Waals surface area (Å²) in [6.45, 7) is 4.23. The van der Waals surface area contributed by atoms with Crippen molar-refractivity contribution < 1.29 is 9.18 Å². The molecule has 2 aliphatic carbocycles. The van der Waals surface area contributed by atoms with E-state index in [2.05, 4.69) is 45.3 Å². The van der Waals surface area contributed by atoms with Gasteiger partial charge in [0.1, 0.15) is 10.4 Å². The Labute approximate surface area is 159 Å². The van der Waals surface area contributed by atoms with E-state index in [9.17, 15) is 9.18 Å². The largest absolute Gasteiger partial charge is 0.362 e. The lowest BCUT2D eigenvalue weighted by atomic mass is 9.60. The van der Waals surface area contributed by atoms with Crippen molar-refractivity contribution in [2.24, 2.45) is 15.6 Å². The van der Waals surface area contributed by atoms with Gasteiger partial charge in [0.05, 0.1) is 5.41 Å². The number of allylic oxidation sites excluding steroid dienone is 2. The third-order valence-electron chi connectivity index (χ3n) is 6.16. The quantitative estimate of drug-likeness (QED) is 0.626. The van der Waals surface area contributed by atoms with Gasteiger partial charge in [-0.05, 0) is 57.8 Å². The Bertz CT molecular complexity index is 962. The van der Waals surface area contributed by atoms with Gasteiger partial charge in [0.25, 0.3) is 0 Å². The molecule has 6 heteroatoms. The molecular formula is C20H19BrFN3O. The molecule has 0 radical (unpaired) electrons. The van der Waals surface area contributed by atoms with Crippen LogP contribution in [0.25, 0.3) is 0 Å². The summed E-state index contributed by atoms with van der Waals surface area (Å²) in [6.07, 6.45) is 2.30. The number of carbonyl (C=O) groups is 1. The van der Waals surface area contributed by atoms with Gasteiger partial charge in [-0.3, -0.25) is 4.79 Å². The van der Waals surface area contributed by atoms with E-state index in [4.69, 9.17) is 0 Å². The van der Waals surface area contributed by atoms with Crippen molar-refractivity contribution in [2.75, 3.05) is 0 Å². The molecule has 1 aromatic carbocycles. The summed E-state index contributed by atoms with van der Waals surface area (Å²) in [5.74, 6) is -0.0391. The van der Waals surface area contributed by atoms with Crippen LogP contribution in [0.4, 0.5) is 4.39 Å². The first-order valence-electron chi connectivity index (χ1n) is 8.96. The molecule has 1 unspecified atom stereocenters. The minimum absolute atomic E-state index is 0.0956. The highest BCUT2D eigenvalue weighted by molar-refractivity contribution is 9.11. The average Bonchev–Trinajstić information content (AvgIpc) is 3.09. The first-order valence-corrected chi connectivity index (χ1v) is 9.75. The van der Waals surface area contributed by atoms with Gasteiger partial charge in [-0.2, -0.15) is 5.11 Å². The third kappa shape index (κ3) is 1.96. The number of fused-ring (bicyclic) bond motifs is 5. The summed E-state index contributed by atoms with van der Waals surface area (Å²) >= 11 is 3.55. The van der Waals surface area contributed by atoms with Crippen LogP contribution in [0.15, 0.2) is 49.9 Å². The van der Waals surface area contributed by atoms with Gasteiger partial charge in [0, 0.05) is 23.3 Å². The number of azo groups is 1. The lowest BCUT2D eigenvalue weighted by molar-refractivity contribution is -0.119. The zero-order chi connectivity index (χ0) is 18.3. The smallest absolute Gasteiger partial charge is 0.165 e. The van der Waals surface area contributed by atoms with E-state index in [-0.39, 0.29) is 23.2 Å². The maximum Gasteiger partial charge on any atom is 0.165 e. The molecule has 5 rings (SSSR count). The monoisotopic (exact) mass is 415 g/mol. The van der Waals surface area contributed by atoms with Gasteiger partial charge in [0.2, 0.25) is 0 Å². The topological polar surface area (TPSA) is 53.8 Å². The number of carbonyl (C=O) groups excluding carboxylic acids is 1. The molecule has 0 fully saturated rings. The van der Waals surface area contributed by atoms with Gasteiger partial charge in [-0.25, -0.2) is 4.39 Å². The van der Waals surface area contributed by atoms with E-state index >= 15 is 0 Å². The Kier molecular flexibility index (Phi) is 3.22. The van der Waals surface area contributed by atoms with Crippen molar-refractivity contribution >= 4 is 21.7 Å². The van der Waals surface area contributed by atoms with E-state index in [1.54, 1.807) is 6.07 Å². The van der Waals surface area contributed by atoms with E-state index in [0.29, 0.717) is 23.9 Å². The Morgan fingerprint density at radius 3 is 2.92 bits per heavy atom. The second-order valence-electron chi connectivity index (χ2n) is 8.43. The first-order chi connectivity index (χ1) is 12.3. The molecule has 0 amide bonds. The molecule has 2 aliphatic heterocycles. The minimum atomic E-state index is -0.626. The van der Waals surface area contributed by atoms with E-state index in [1.807, 2.05) is 6.07 Å². The summed E-state index contributed by atoms with van der Waals surface area (Å²) in [5, 5.41) is 12.1. The molecule has 0 saturated carbocycles. The molecule has 0 aromatic heterocycles. The molecule has 2 atom stereocenters. The number of rotatable bonds is 0. The van der Waals surface area contributed by atoms with Crippen LogP contribution in [0.3, 0.4) is 0 Å². The molecule has 26 heavy (non-hydrogen) atoms. The van der Waals surface area contributed by atoms with Gasteiger partial charge < -0.3 is 5.32 Å². The van der Waals surface area contributed by atoms with Crippen LogP contribution in [0, 0.1) is 11.2 Å². The molecule has 134 valence electrons. The maximum atomic E-state index is 14.5. The number of hydrogen-bond acceptors (Lipinski definition) is 4. The van der Waals surface area contributed by atoms with Crippen molar-refractivity contribution in [2.45, 2.75) is 51.1 Å². The van der Waals surface area contributed by atoms with Crippen LogP contribution in [0.2, 0.25) is 0 Å². The Hall–Kier alpha value is -1.82. The second-order valence-corrected chi connectivity index (χ2v) is 9.18. The highest BCUT2D eigenvalue weighted by Gasteiger charge is 2.57. The first kappa shape index (κ1) is 16.4. The van der Waals surface area contributed by atoms with Gasteiger partial charge >= 0.3 is 0 Å². The van der Waals surface area contributed by atoms with Crippen LogP contribution in [-0.2, 0) is 16.6 Å². The Morgan fingerprint density at radius 2 is 2.12 bits per heavy atom. The summed E-state index contributed by atoms with van der Waals surface area (Å²) in [5.41, 5.74) is 3.62. The molecule has 0 bridgehead atoms. The molecule has 1 spiro atoms. The molecule has 4 aliphatic rings. The van der Waals surface area contributed by atoms with Crippen LogP contribution >= 0.6 is 15.9 Å². The van der Waals surface area contributed by atoms with E-state index in [0.717, 1.165) is 34.4 Å². The lowest BCUT2D eigenvalue weighted by Gasteiger charge is -2.46. The number of nitrogens with zero attached hydrogens (tertiary/aromatic N) is 2. The van der Waals surface area contributed by atoms with Crippen LogP contribution in [0.5, 0.6) is 0 Å². The fourth-order valence-electron chi connectivity index (χ4n) is 5.28. The lowest BCUT2D eigenvalue weighted by Crippen LogP contribution is -2.50. The summed E-state index contributed by atoms with van der Waals surface area (Å²) in [7, 11) is 0. The van der Waals surface area contributed by atoms with Crippen molar-refractivity contribution in [1.82, 2.24) is 5.32 Å². The zero-order valence-corrected chi connectivity index (χ0v) is 16.3. The Morgan fingerprint density at radius 1 is 1.31 bits per heavy atom. The van der Waals surface area contributed by atoms with Gasteiger partial charge in [-0.15, -0.1) is 5.11 Å². The molecule has 1 aromatic rings. The zero-order valence-electron chi connectivity index (χ0n) is 14.7. The summed E-state index contributed by atoms with van der Waals surface area (Å²) in [6, 6.07) is 5.22. The predicted molar refractivity (Wildman–Crippen MR) is 99.2 cm³/mol. The second kappa shape index (κ2) is 5.12. The molecule has 4 nitrogen and oxygen atoms in total. The minimum Gasteiger partial charge on any atom is -0.362 e. The van der Waals surface area contributed by atoms with Gasteiger partial charge in [0.15, 0.2) is 11.9 Å². The fourth-order valence-corrected chi connectivity index (χ4v) is 5.93. The maximum absolute atomic E-state index is 14.5. The predicted octanol–water partition coefficient (Wildman–Crippen LogP) is 4.65. The van der Waals surface area contributed by atoms with Crippen molar-refractivity contribution in [3.8, 4) is 0 Å². The van der Waals surface area contributed by atoms with E-state index < -0.39 is 5.41 Å². The SMILES string of the molecule is CC1(C)CC(=O)C2=C(C1)NC1N=NC(Br)=C1[C@@]21CCc2c(F)cccc21. The number of benzene rings is 1. The third-order valence-corrected chi connectivity index (χ3v) is 6.74. The van der Waals surface area contributed by atoms with Gasteiger partial charge in [-0.1, -0.05) is 26.0 Å². The highest BCUT2D eigenvalue weighted by Crippen LogP contribution is 2.59. The number of nitrogens with one attached hydrogen (secondary N) is 1. The summed E-state index contributed by atoms with van der Waals surface area (Å²) in [4.78, 5) is 13.3. The van der Waals surface area contributed by atoms with Crippen molar-refractivity contribution in [3.05, 3.63) is 56.6 Å². The normalized spacial score (nSPS) is 31.2. The van der Waals surface area contributed by atoms with Crippen LogP contribution in [0.1, 0.15) is 44.2 Å². The molecule has 0 saturated heterocycles. The van der Waals surface area contributed by atoms with Crippen molar-refractivity contribution in [3.63, 3.8) is 0 Å².